The first-order chi connectivity index (χ1) is 10.3. The van der Waals surface area contributed by atoms with Gasteiger partial charge in [0.2, 0.25) is 0 Å². The fourth-order valence-corrected chi connectivity index (χ4v) is 4.86. The van der Waals surface area contributed by atoms with Crippen molar-refractivity contribution in [2.24, 2.45) is 5.92 Å². The van der Waals surface area contributed by atoms with Crippen LogP contribution in [0.15, 0.2) is 18.3 Å². The maximum absolute atomic E-state index is 6.72. The van der Waals surface area contributed by atoms with Crippen molar-refractivity contribution in [3.05, 3.63) is 28.9 Å². The zero-order chi connectivity index (χ0) is 14.0. The van der Waals surface area contributed by atoms with E-state index in [-0.39, 0.29) is 6.23 Å². The second-order valence-electron chi connectivity index (χ2n) is 7.03. The van der Waals surface area contributed by atoms with E-state index in [2.05, 4.69) is 17.2 Å². The van der Waals surface area contributed by atoms with E-state index in [4.69, 9.17) is 16.3 Å². The van der Waals surface area contributed by atoms with Crippen molar-refractivity contribution in [3.63, 3.8) is 0 Å². The third-order valence-electron chi connectivity index (χ3n) is 5.75. The Morgan fingerprint density at radius 3 is 2.76 bits per heavy atom. The summed E-state index contributed by atoms with van der Waals surface area (Å²) in [6, 6.07) is 4.43. The lowest BCUT2D eigenvalue weighted by atomic mass is 9.42. The fourth-order valence-electron chi connectivity index (χ4n) is 4.45. The highest BCUT2D eigenvalue weighted by Gasteiger charge is 2.58. The Labute approximate surface area is 129 Å². The fraction of sp³-hybridized carbons (Fsp3) is 0.588. The summed E-state index contributed by atoms with van der Waals surface area (Å²) in [5.74, 6) is 0.968. The van der Waals surface area contributed by atoms with Crippen molar-refractivity contribution in [1.82, 2.24) is 9.78 Å². The number of hydrogen-bond acceptors (Lipinski definition) is 2. The molecule has 2 aromatic rings. The van der Waals surface area contributed by atoms with Crippen LogP contribution >= 0.6 is 11.6 Å². The summed E-state index contributed by atoms with van der Waals surface area (Å²) < 4.78 is 7.89. The van der Waals surface area contributed by atoms with Gasteiger partial charge in [0.05, 0.1) is 16.7 Å². The standard InChI is InChI=1S/C17H19ClN2O/c18-16-12-10-19-20(15-3-1-2-6-21-15)14(12)5-4-13(16)17-7-11(8-17)9-17/h4-5,10-11,15H,1-3,6-9H2. The van der Waals surface area contributed by atoms with Crippen LogP contribution in [0.3, 0.4) is 0 Å². The number of halogens is 1. The van der Waals surface area contributed by atoms with Crippen LogP contribution in [0.2, 0.25) is 5.02 Å². The number of rotatable bonds is 2. The molecule has 1 atom stereocenters. The molecule has 1 aliphatic heterocycles. The lowest BCUT2D eigenvalue weighted by molar-refractivity contribution is -0.0367. The molecule has 1 aromatic heterocycles. The monoisotopic (exact) mass is 302 g/mol. The molecule has 0 spiro atoms. The molecule has 3 nitrogen and oxygen atoms in total. The van der Waals surface area contributed by atoms with E-state index in [9.17, 15) is 0 Å². The Hall–Kier alpha value is -1.06. The lowest BCUT2D eigenvalue weighted by Gasteiger charge is -2.62. The van der Waals surface area contributed by atoms with Crippen molar-refractivity contribution in [2.75, 3.05) is 6.61 Å². The first-order valence-electron chi connectivity index (χ1n) is 8.05. The molecule has 2 bridgehead atoms. The normalized spacial score (nSPS) is 34.5. The molecule has 1 unspecified atom stereocenters. The summed E-state index contributed by atoms with van der Waals surface area (Å²) >= 11 is 6.72. The molecule has 1 aromatic carbocycles. The molecule has 4 fully saturated rings. The molecule has 3 saturated carbocycles. The number of hydrogen-bond donors (Lipinski definition) is 0. The highest BCUT2D eigenvalue weighted by molar-refractivity contribution is 6.36. The van der Waals surface area contributed by atoms with Crippen molar-refractivity contribution in [3.8, 4) is 0 Å². The summed E-state index contributed by atoms with van der Waals surface area (Å²) in [4.78, 5) is 0. The van der Waals surface area contributed by atoms with Gasteiger partial charge in [0.1, 0.15) is 0 Å². The largest absolute Gasteiger partial charge is 0.356 e. The predicted octanol–water partition coefficient (Wildman–Crippen LogP) is 4.44. The van der Waals surface area contributed by atoms with Gasteiger partial charge in [0.15, 0.2) is 6.23 Å². The molecule has 2 heterocycles. The Kier molecular flexibility index (Phi) is 2.52. The van der Waals surface area contributed by atoms with Gasteiger partial charge >= 0.3 is 0 Å². The number of benzene rings is 1. The van der Waals surface area contributed by atoms with Crippen LogP contribution in [0, 0.1) is 5.92 Å². The predicted molar refractivity (Wildman–Crippen MR) is 82.6 cm³/mol. The van der Waals surface area contributed by atoms with Crippen molar-refractivity contribution < 1.29 is 4.74 Å². The van der Waals surface area contributed by atoms with Crippen LogP contribution in [0.1, 0.15) is 50.3 Å². The topological polar surface area (TPSA) is 27.1 Å². The smallest absolute Gasteiger partial charge is 0.150 e. The number of ether oxygens (including phenoxy) is 1. The highest BCUT2D eigenvalue weighted by Crippen LogP contribution is 2.66. The molecule has 4 heteroatoms. The van der Waals surface area contributed by atoms with Crippen molar-refractivity contribution in [2.45, 2.75) is 50.2 Å². The van der Waals surface area contributed by atoms with Crippen molar-refractivity contribution in [1.29, 1.82) is 0 Å². The molecular weight excluding hydrogens is 284 g/mol. The number of fused-ring (bicyclic) bond motifs is 1. The molecule has 1 saturated heterocycles. The van der Waals surface area contributed by atoms with Gasteiger partial charge in [-0.25, -0.2) is 4.68 Å². The average Bonchev–Trinajstić information content (AvgIpc) is 2.84. The third kappa shape index (κ3) is 1.62. The molecule has 4 aliphatic rings. The van der Waals surface area contributed by atoms with Gasteiger partial charge in [-0.1, -0.05) is 17.7 Å². The van der Waals surface area contributed by atoms with Gasteiger partial charge < -0.3 is 4.74 Å². The van der Waals surface area contributed by atoms with E-state index in [1.165, 1.54) is 31.2 Å². The summed E-state index contributed by atoms with van der Waals surface area (Å²) in [7, 11) is 0. The minimum atomic E-state index is 0.0770. The quantitative estimate of drug-likeness (QED) is 0.820. The zero-order valence-corrected chi connectivity index (χ0v) is 12.8. The van der Waals surface area contributed by atoms with E-state index in [0.29, 0.717) is 5.41 Å². The van der Waals surface area contributed by atoms with Crippen LogP contribution in [-0.2, 0) is 10.2 Å². The maximum Gasteiger partial charge on any atom is 0.150 e. The van der Waals surface area contributed by atoms with E-state index >= 15 is 0 Å². The minimum Gasteiger partial charge on any atom is -0.356 e. The first kappa shape index (κ1) is 12.5. The van der Waals surface area contributed by atoms with E-state index < -0.39 is 0 Å². The Balaban J connectivity index is 1.59. The van der Waals surface area contributed by atoms with E-state index in [1.807, 2.05) is 10.9 Å². The molecule has 0 radical (unpaired) electrons. The molecule has 0 N–H and O–H groups in total. The van der Waals surface area contributed by atoms with Gasteiger partial charge in [-0.15, -0.1) is 0 Å². The van der Waals surface area contributed by atoms with Crippen LogP contribution in [0.5, 0.6) is 0 Å². The van der Waals surface area contributed by atoms with E-state index in [1.54, 1.807) is 0 Å². The van der Waals surface area contributed by atoms with Crippen LogP contribution < -0.4 is 0 Å². The van der Waals surface area contributed by atoms with Gasteiger partial charge in [0.25, 0.3) is 0 Å². The van der Waals surface area contributed by atoms with E-state index in [0.717, 1.165) is 41.3 Å². The van der Waals surface area contributed by atoms with Gasteiger partial charge in [-0.05, 0) is 61.5 Å². The first-order valence-corrected chi connectivity index (χ1v) is 8.42. The summed E-state index contributed by atoms with van der Waals surface area (Å²) in [5, 5.41) is 6.58. The van der Waals surface area contributed by atoms with Gasteiger partial charge in [-0.3, -0.25) is 0 Å². The molecule has 110 valence electrons. The molecule has 21 heavy (non-hydrogen) atoms. The Morgan fingerprint density at radius 1 is 1.24 bits per heavy atom. The van der Waals surface area contributed by atoms with Gasteiger partial charge in [0, 0.05) is 12.0 Å². The van der Waals surface area contributed by atoms with Crippen LogP contribution in [0.4, 0.5) is 0 Å². The van der Waals surface area contributed by atoms with Crippen LogP contribution in [0.25, 0.3) is 10.9 Å². The lowest BCUT2D eigenvalue weighted by Crippen LogP contribution is -2.55. The second-order valence-corrected chi connectivity index (χ2v) is 7.41. The SMILES string of the molecule is Clc1c(C23CC(C2)C3)ccc2c1cnn2C1CCCCO1. The minimum absolute atomic E-state index is 0.0770. The number of aromatic nitrogens is 2. The molecule has 6 rings (SSSR count). The summed E-state index contributed by atoms with van der Waals surface area (Å²) in [5.41, 5.74) is 2.87. The molecular formula is C17H19ClN2O. The third-order valence-corrected chi connectivity index (χ3v) is 6.16. The molecule has 0 amide bonds. The zero-order valence-electron chi connectivity index (χ0n) is 12.0. The Morgan fingerprint density at radius 2 is 2.10 bits per heavy atom. The second kappa shape index (κ2) is 4.23. The summed E-state index contributed by atoms with van der Waals surface area (Å²) in [6.07, 6.45) is 9.40. The highest BCUT2D eigenvalue weighted by atomic mass is 35.5. The number of nitrogens with zero attached hydrogens (tertiary/aromatic N) is 2. The maximum atomic E-state index is 6.72. The Bertz CT molecular complexity index is 700. The summed E-state index contributed by atoms with van der Waals surface area (Å²) in [6.45, 7) is 0.836. The van der Waals surface area contributed by atoms with Gasteiger partial charge in [-0.2, -0.15) is 5.10 Å². The average molecular weight is 303 g/mol. The molecule has 3 aliphatic carbocycles. The van der Waals surface area contributed by atoms with Crippen LogP contribution in [-0.4, -0.2) is 16.4 Å². The van der Waals surface area contributed by atoms with Crippen molar-refractivity contribution >= 4 is 22.5 Å².